The molecule has 0 aliphatic heterocycles. The Balaban J connectivity index is 2.26. The summed E-state index contributed by atoms with van der Waals surface area (Å²) < 4.78 is 33.0. The molecule has 0 amide bonds. The summed E-state index contributed by atoms with van der Waals surface area (Å²) in [5, 5.41) is 1.76. The van der Waals surface area contributed by atoms with Gasteiger partial charge in [-0.1, -0.05) is 25.1 Å². The Labute approximate surface area is 129 Å². The maximum atomic E-state index is 12.3. The molecule has 0 saturated carbocycles. The first kappa shape index (κ1) is 16.0. The highest BCUT2D eigenvalue weighted by molar-refractivity contribution is 7.91. The molecule has 0 unspecified atom stereocenters. The number of methoxy groups -OCH3 is 1. The van der Waals surface area contributed by atoms with Crippen LogP contribution in [-0.4, -0.2) is 15.5 Å². The van der Waals surface area contributed by atoms with E-state index in [0.29, 0.717) is 10.6 Å². The number of hydrogen-bond acceptors (Lipinski definition) is 4. The Bertz CT molecular complexity index is 694. The lowest BCUT2D eigenvalue weighted by Crippen LogP contribution is -2.27. The molecule has 114 valence electrons. The second-order valence-corrected chi connectivity index (χ2v) is 7.63. The molecule has 1 atom stereocenters. The zero-order valence-electron chi connectivity index (χ0n) is 12.3. The van der Waals surface area contributed by atoms with Gasteiger partial charge in [0.2, 0.25) is 0 Å². The molecule has 2 aromatic rings. The molecule has 0 saturated heterocycles. The van der Waals surface area contributed by atoms with E-state index in [1.165, 1.54) is 11.3 Å². The van der Waals surface area contributed by atoms with Crippen LogP contribution in [0, 0.1) is 6.92 Å². The molecule has 1 aromatic carbocycles. The second kappa shape index (κ2) is 6.60. The summed E-state index contributed by atoms with van der Waals surface area (Å²) in [7, 11) is -1.84. The minimum absolute atomic E-state index is 0.248. The summed E-state index contributed by atoms with van der Waals surface area (Å²) in [6.45, 7) is 3.91. The van der Waals surface area contributed by atoms with Crippen LogP contribution >= 0.6 is 11.3 Å². The maximum Gasteiger partial charge on any atom is 0.250 e. The number of nitrogens with one attached hydrogen (secondary N) is 1. The molecule has 1 aromatic heterocycles. The van der Waals surface area contributed by atoms with Crippen molar-refractivity contribution in [2.24, 2.45) is 0 Å². The van der Waals surface area contributed by atoms with Crippen molar-refractivity contribution in [1.82, 2.24) is 4.72 Å². The number of rotatable bonds is 6. The van der Waals surface area contributed by atoms with Crippen molar-refractivity contribution in [3.63, 3.8) is 0 Å². The van der Waals surface area contributed by atoms with Gasteiger partial charge < -0.3 is 4.74 Å². The number of thiophene rings is 1. The fourth-order valence-corrected chi connectivity index (χ4v) is 4.48. The SMILES string of the molecule is CC[C@H](NS(=O)(=O)c1cccs1)c1ccc(OC)c(C)c1. The van der Waals surface area contributed by atoms with Gasteiger partial charge in [-0.25, -0.2) is 13.1 Å². The minimum Gasteiger partial charge on any atom is -0.496 e. The molecular formula is C15H19NO3S2. The molecule has 0 bridgehead atoms. The van der Waals surface area contributed by atoms with Crippen molar-refractivity contribution in [3.8, 4) is 5.75 Å². The van der Waals surface area contributed by atoms with Crippen molar-refractivity contribution in [3.05, 3.63) is 46.8 Å². The van der Waals surface area contributed by atoms with E-state index in [2.05, 4.69) is 4.72 Å². The van der Waals surface area contributed by atoms with E-state index in [0.717, 1.165) is 16.9 Å². The zero-order valence-corrected chi connectivity index (χ0v) is 13.9. The van der Waals surface area contributed by atoms with E-state index >= 15 is 0 Å². The number of benzene rings is 1. The molecule has 21 heavy (non-hydrogen) atoms. The molecule has 2 rings (SSSR count). The molecule has 1 heterocycles. The molecule has 0 aliphatic rings. The topological polar surface area (TPSA) is 55.4 Å². The van der Waals surface area contributed by atoms with Gasteiger partial charge in [0.25, 0.3) is 10.0 Å². The van der Waals surface area contributed by atoms with Gasteiger partial charge in [-0.2, -0.15) is 0 Å². The van der Waals surface area contributed by atoms with E-state index in [1.807, 2.05) is 32.0 Å². The van der Waals surface area contributed by atoms with Crippen LogP contribution in [-0.2, 0) is 10.0 Å². The standard InChI is InChI=1S/C15H19NO3S2/c1-4-13(12-7-8-14(19-3)11(2)10-12)16-21(17,18)15-6-5-9-20-15/h5-10,13,16H,4H2,1-3H3/t13-/m0/s1. The molecule has 1 N–H and O–H groups in total. The Morgan fingerprint density at radius 3 is 2.62 bits per heavy atom. The van der Waals surface area contributed by atoms with Gasteiger partial charge in [0.1, 0.15) is 9.96 Å². The lowest BCUT2D eigenvalue weighted by Gasteiger charge is -2.18. The maximum absolute atomic E-state index is 12.3. The van der Waals surface area contributed by atoms with Crippen molar-refractivity contribution in [1.29, 1.82) is 0 Å². The molecule has 0 fully saturated rings. The first-order valence-electron chi connectivity index (χ1n) is 6.68. The third-order valence-corrected chi connectivity index (χ3v) is 6.16. The van der Waals surface area contributed by atoms with Gasteiger partial charge in [-0.15, -0.1) is 11.3 Å². The summed E-state index contributed by atoms with van der Waals surface area (Å²) in [5.74, 6) is 0.801. The summed E-state index contributed by atoms with van der Waals surface area (Å²) in [6.07, 6.45) is 0.677. The van der Waals surface area contributed by atoms with Crippen LogP contribution in [0.2, 0.25) is 0 Å². The third kappa shape index (κ3) is 3.64. The first-order chi connectivity index (χ1) is 9.97. The number of aryl methyl sites for hydroxylation is 1. The highest BCUT2D eigenvalue weighted by atomic mass is 32.2. The molecule has 4 nitrogen and oxygen atoms in total. The van der Waals surface area contributed by atoms with Crippen LogP contribution < -0.4 is 9.46 Å². The predicted molar refractivity (Wildman–Crippen MR) is 85.4 cm³/mol. The van der Waals surface area contributed by atoms with E-state index < -0.39 is 10.0 Å². The van der Waals surface area contributed by atoms with Crippen LogP contribution in [0.25, 0.3) is 0 Å². The third-order valence-electron chi connectivity index (χ3n) is 3.29. The Hall–Kier alpha value is -1.37. The van der Waals surface area contributed by atoms with Gasteiger partial charge in [0, 0.05) is 6.04 Å². The normalized spacial score (nSPS) is 13.1. The van der Waals surface area contributed by atoms with Gasteiger partial charge in [-0.05, 0) is 42.0 Å². The van der Waals surface area contributed by atoms with Gasteiger partial charge in [0.15, 0.2) is 0 Å². The van der Waals surface area contributed by atoms with Crippen molar-refractivity contribution in [2.75, 3.05) is 7.11 Å². The molecular weight excluding hydrogens is 306 g/mol. The average molecular weight is 325 g/mol. The summed E-state index contributed by atoms with van der Waals surface area (Å²) in [5.41, 5.74) is 1.93. The van der Waals surface area contributed by atoms with Crippen LogP contribution in [0.15, 0.2) is 39.9 Å². The number of sulfonamides is 1. The van der Waals surface area contributed by atoms with E-state index in [-0.39, 0.29) is 6.04 Å². The summed E-state index contributed by atoms with van der Waals surface area (Å²) in [4.78, 5) is 0. The fourth-order valence-electron chi connectivity index (χ4n) is 2.17. The largest absolute Gasteiger partial charge is 0.496 e. The van der Waals surface area contributed by atoms with Gasteiger partial charge >= 0.3 is 0 Å². The lowest BCUT2D eigenvalue weighted by atomic mass is 10.0. The van der Waals surface area contributed by atoms with Crippen LogP contribution in [0.4, 0.5) is 0 Å². The van der Waals surface area contributed by atoms with E-state index in [1.54, 1.807) is 24.6 Å². The predicted octanol–water partition coefficient (Wildman–Crippen LogP) is 3.49. The van der Waals surface area contributed by atoms with E-state index in [9.17, 15) is 8.42 Å². The molecule has 0 radical (unpaired) electrons. The Kier molecular flexibility index (Phi) is 5.03. The Morgan fingerprint density at radius 2 is 2.10 bits per heavy atom. The molecule has 0 spiro atoms. The highest BCUT2D eigenvalue weighted by Crippen LogP contribution is 2.26. The van der Waals surface area contributed by atoms with Crippen LogP contribution in [0.1, 0.15) is 30.5 Å². The number of ether oxygens (including phenoxy) is 1. The molecule has 0 aliphatic carbocycles. The first-order valence-corrected chi connectivity index (χ1v) is 9.04. The average Bonchev–Trinajstić information content (AvgIpc) is 2.99. The van der Waals surface area contributed by atoms with Gasteiger partial charge in [-0.3, -0.25) is 0 Å². The quantitative estimate of drug-likeness (QED) is 0.884. The van der Waals surface area contributed by atoms with Crippen LogP contribution in [0.5, 0.6) is 5.75 Å². The zero-order chi connectivity index (χ0) is 15.5. The lowest BCUT2D eigenvalue weighted by molar-refractivity contribution is 0.411. The monoisotopic (exact) mass is 325 g/mol. The summed E-state index contributed by atoms with van der Waals surface area (Å²) >= 11 is 1.22. The number of hydrogen-bond donors (Lipinski definition) is 1. The summed E-state index contributed by atoms with van der Waals surface area (Å²) in [6, 6.07) is 8.83. The molecule has 6 heteroatoms. The smallest absolute Gasteiger partial charge is 0.250 e. The minimum atomic E-state index is -3.47. The van der Waals surface area contributed by atoms with Crippen molar-refractivity contribution < 1.29 is 13.2 Å². The van der Waals surface area contributed by atoms with Gasteiger partial charge in [0.05, 0.1) is 7.11 Å². The Morgan fingerprint density at radius 1 is 1.33 bits per heavy atom. The second-order valence-electron chi connectivity index (χ2n) is 4.74. The fraction of sp³-hybridized carbons (Fsp3) is 0.333. The van der Waals surface area contributed by atoms with Crippen LogP contribution in [0.3, 0.4) is 0 Å². The van der Waals surface area contributed by atoms with Crippen molar-refractivity contribution in [2.45, 2.75) is 30.5 Å². The highest BCUT2D eigenvalue weighted by Gasteiger charge is 2.21. The van der Waals surface area contributed by atoms with Crippen molar-refractivity contribution >= 4 is 21.4 Å². The van der Waals surface area contributed by atoms with E-state index in [4.69, 9.17) is 4.74 Å².